The highest BCUT2D eigenvalue weighted by Gasteiger charge is 2.35. The third kappa shape index (κ3) is 7.76. The second-order valence-corrected chi connectivity index (χ2v) is 4.23. The lowest BCUT2D eigenvalue weighted by Gasteiger charge is -2.24. The topological polar surface area (TPSA) is 124 Å². The maximum Gasteiger partial charge on any atom is 0.307 e. The molecule has 4 N–H and O–H groups in total. The van der Waals surface area contributed by atoms with Crippen LogP contribution in [0.5, 0.6) is 0 Å². The highest BCUT2D eigenvalue weighted by molar-refractivity contribution is 5.80. The van der Waals surface area contributed by atoms with Crippen molar-refractivity contribution in [1.82, 2.24) is 0 Å². The summed E-state index contributed by atoms with van der Waals surface area (Å²) in [5, 5.41) is 33.6. The van der Waals surface area contributed by atoms with Crippen LogP contribution in [0.15, 0.2) is 0 Å². The lowest BCUT2D eigenvalue weighted by atomic mass is 9.79. The Morgan fingerprint density at radius 2 is 1.26 bits per heavy atom. The van der Waals surface area contributed by atoms with E-state index in [-0.39, 0.29) is 13.2 Å². The first-order valence-corrected chi connectivity index (χ1v) is 6.29. The largest absolute Gasteiger partial charge is 0.481 e. The summed E-state index contributed by atoms with van der Waals surface area (Å²) in [4.78, 5) is 21.2. The first kappa shape index (κ1) is 17.8. The first-order chi connectivity index (χ1) is 9.04. The van der Waals surface area contributed by atoms with Gasteiger partial charge in [0.15, 0.2) is 0 Å². The maximum atomic E-state index is 10.6. The summed E-state index contributed by atoms with van der Waals surface area (Å²) in [6.07, 6.45) is 2.68. The van der Waals surface area contributed by atoms with E-state index in [9.17, 15) is 9.59 Å². The minimum absolute atomic E-state index is 0.0278. The van der Waals surface area contributed by atoms with Crippen molar-refractivity contribution in [3.8, 4) is 0 Å². The molecule has 1 rings (SSSR count). The van der Waals surface area contributed by atoms with E-state index in [2.05, 4.69) is 4.74 Å². The zero-order chi connectivity index (χ0) is 14.7. The third-order valence-electron chi connectivity index (χ3n) is 2.87. The number of hydrogen-bond acceptors (Lipinski definition) is 5. The molecular weight excluding hydrogens is 256 g/mol. The number of aliphatic hydroxyl groups excluding tert-OH is 2. The van der Waals surface area contributed by atoms with E-state index in [1.54, 1.807) is 0 Å². The number of hydrogen-bond donors (Lipinski definition) is 4. The van der Waals surface area contributed by atoms with Gasteiger partial charge in [0, 0.05) is 0 Å². The molecule has 0 radical (unpaired) electrons. The van der Waals surface area contributed by atoms with Crippen LogP contribution in [0.25, 0.3) is 0 Å². The van der Waals surface area contributed by atoms with Crippen LogP contribution in [0.3, 0.4) is 0 Å². The van der Waals surface area contributed by atoms with Gasteiger partial charge >= 0.3 is 11.9 Å². The summed E-state index contributed by atoms with van der Waals surface area (Å²) in [7, 11) is 0. The van der Waals surface area contributed by atoms with Crippen molar-refractivity contribution in [1.29, 1.82) is 0 Å². The number of carboxylic acid groups (broad SMARTS) is 2. The molecule has 112 valence electrons. The quantitative estimate of drug-likeness (QED) is 0.502. The third-order valence-corrected chi connectivity index (χ3v) is 2.87. The minimum atomic E-state index is -0.970. The van der Waals surface area contributed by atoms with Crippen LogP contribution in [0.2, 0.25) is 0 Å². The Balaban J connectivity index is 0.000000399. The Labute approximate surface area is 111 Å². The van der Waals surface area contributed by atoms with Gasteiger partial charge in [0.2, 0.25) is 0 Å². The molecule has 0 amide bonds. The zero-order valence-electron chi connectivity index (χ0n) is 10.8. The number of carboxylic acids is 2. The van der Waals surface area contributed by atoms with Gasteiger partial charge in [-0.2, -0.15) is 0 Å². The molecule has 0 aromatic heterocycles. The second kappa shape index (κ2) is 10.7. The summed E-state index contributed by atoms with van der Waals surface area (Å²) in [6, 6.07) is 0. The summed E-state index contributed by atoms with van der Waals surface area (Å²) >= 11 is 0. The van der Waals surface area contributed by atoms with Crippen molar-refractivity contribution < 1.29 is 34.8 Å². The number of aliphatic hydroxyl groups is 2. The van der Waals surface area contributed by atoms with Gasteiger partial charge in [0.05, 0.1) is 38.3 Å². The Kier molecular flexibility index (Phi) is 10.1. The Hall–Kier alpha value is -1.18. The van der Waals surface area contributed by atoms with Crippen LogP contribution in [0.1, 0.15) is 25.7 Å². The summed E-state index contributed by atoms with van der Waals surface area (Å²) in [5.74, 6) is -3.28. The number of ether oxygens (including phenoxy) is 1. The molecule has 0 heterocycles. The van der Waals surface area contributed by atoms with E-state index < -0.39 is 23.8 Å². The predicted octanol–water partition coefficient (Wildman–Crippen LogP) is -0.0504. The van der Waals surface area contributed by atoms with Crippen molar-refractivity contribution in [3.05, 3.63) is 0 Å². The smallest absolute Gasteiger partial charge is 0.307 e. The molecule has 1 saturated carbocycles. The van der Waals surface area contributed by atoms with Gasteiger partial charge in [-0.05, 0) is 12.8 Å². The highest BCUT2D eigenvalue weighted by Crippen LogP contribution is 2.30. The van der Waals surface area contributed by atoms with Crippen LogP contribution in [-0.4, -0.2) is 58.8 Å². The van der Waals surface area contributed by atoms with Crippen molar-refractivity contribution >= 4 is 11.9 Å². The van der Waals surface area contributed by atoms with Crippen molar-refractivity contribution in [2.75, 3.05) is 26.4 Å². The fourth-order valence-electron chi connectivity index (χ4n) is 1.95. The fraction of sp³-hybridized carbons (Fsp3) is 0.833. The van der Waals surface area contributed by atoms with E-state index in [1.165, 1.54) is 0 Å². The van der Waals surface area contributed by atoms with Crippen molar-refractivity contribution in [3.63, 3.8) is 0 Å². The lowest BCUT2D eigenvalue weighted by Crippen LogP contribution is -2.32. The van der Waals surface area contributed by atoms with E-state index in [1.807, 2.05) is 0 Å². The molecule has 0 spiro atoms. The molecule has 1 aliphatic carbocycles. The molecular formula is C12H22O7. The molecule has 19 heavy (non-hydrogen) atoms. The lowest BCUT2D eigenvalue weighted by molar-refractivity contribution is -0.155. The SMILES string of the molecule is O=C(O)C1CCCCC1C(=O)O.OCCOCCO. The van der Waals surface area contributed by atoms with E-state index in [0.29, 0.717) is 26.1 Å². The predicted molar refractivity (Wildman–Crippen MR) is 65.7 cm³/mol. The van der Waals surface area contributed by atoms with Gasteiger partial charge in [-0.25, -0.2) is 0 Å². The number of rotatable bonds is 6. The van der Waals surface area contributed by atoms with Crippen LogP contribution in [0.4, 0.5) is 0 Å². The number of carbonyl (C=O) groups is 2. The molecule has 0 aromatic carbocycles. The standard InChI is InChI=1S/C8H12O4.C4H10O3/c9-7(10)5-3-1-2-4-6(5)8(11)12;5-1-3-7-4-2-6/h5-6H,1-4H2,(H,9,10)(H,11,12);5-6H,1-4H2. The summed E-state index contributed by atoms with van der Waals surface area (Å²) in [6.45, 7) is 0.696. The molecule has 0 aromatic rings. The van der Waals surface area contributed by atoms with E-state index in [0.717, 1.165) is 12.8 Å². The molecule has 0 aliphatic heterocycles. The average molecular weight is 278 g/mol. The fourth-order valence-corrected chi connectivity index (χ4v) is 1.95. The first-order valence-electron chi connectivity index (χ1n) is 6.29. The molecule has 0 bridgehead atoms. The summed E-state index contributed by atoms with van der Waals surface area (Å²) < 4.78 is 4.63. The molecule has 2 unspecified atom stereocenters. The molecule has 2 atom stereocenters. The maximum absolute atomic E-state index is 10.6. The Morgan fingerprint density at radius 3 is 1.53 bits per heavy atom. The van der Waals surface area contributed by atoms with Crippen molar-refractivity contribution in [2.24, 2.45) is 11.8 Å². The van der Waals surface area contributed by atoms with Crippen LogP contribution < -0.4 is 0 Å². The molecule has 1 aliphatic rings. The Bertz CT molecular complexity index is 241. The van der Waals surface area contributed by atoms with Gasteiger partial charge in [0.1, 0.15) is 0 Å². The van der Waals surface area contributed by atoms with Gasteiger partial charge in [-0.15, -0.1) is 0 Å². The second-order valence-electron chi connectivity index (χ2n) is 4.23. The number of aliphatic carboxylic acids is 2. The minimum Gasteiger partial charge on any atom is -0.481 e. The van der Waals surface area contributed by atoms with Gasteiger partial charge in [-0.3, -0.25) is 9.59 Å². The molecule has 7 nitrogen and oxygen atoms in total. The van der Waals surface area contributed by atoms with Crippen LogP contribution >= 0.6 is 0 Å². The van der Waals surface area contributed by atoms with Crippen molar-refractivity contribution in [2.45, 2.75) is 25.7 Å². The van der Waals surface area contributed by atoms with E-state index in [4.69, 9.17) is 20.4 Å². The molecule has 7 heteroatoms. The average Bonchev–Trinajstić information content (AvgIpc) is 2.40. The zero-order valence-corrected chi connectivity index (χ0v) is 10.8. The van der Waals surface area contributed by atoms with Crippen LogP contribution in [0, 0.1) is 11.8 Å². The highest BCUT2D eigenvalue weighted by atomic mass is 16.5. The normalized spacial score (nSPS) is 22.2. The monoisotopic (exact) mass is 278 g/mol. The summed E-state index contributed by atoms with van der Waals surface area (Å²) in [5.41, 5.74) is 0. The Morgan fingerprint density at radius 1 is 0.895 bits per heavy atom. The van der Waals surface area contributed by atoms with Gasteiger partial charge in [-0.1, -0.05) is 12.8 Å². The molecule has 0 saturated heterocycles. The van der Waals surface area contributed by atoms with Gasteiger partial charge in [0.25, 0.3) is 0 Å². The van der Waals surface area contributed by atoms with Gasteiger partial charge < -0.3 is 25.2 Å². The van der Waals surface area contributed by atoms with Crippen LogP contribution in [-0.2, 0) is 14.3 Å². The molecule has 1 fully saturated rings. The van der Waals surface area contributed by atoms with E-state index >= 15 is 0 Å².